The number of carbonyl (C=O) groups is 2. The van der Waals surface area contributed by atoms with Crippen molar-refractivity contribution in [1.29, 1.82) is 0 Å². The Morgan fingerprint density at radius 2 is 1.84 bits per heavy atom. The van der Waals surface area contributed by atoms with Crippen molar-refractivity contribution in [2.45, 2.75) is 12.6 Å². The standard InChI is InChI=1S/C24H16ClN3O4/c25-15-7-8-18-14(11-15)12-19(32-18)22(29)20-21(17-6-2-4-10-27-17)28(24(31)23(20)30)13-16-5-1-3-9-26-16/h1-12,21,30H,13H2. The van der Waals surface area contributed by atoms with Gasteiger partial charge in [-0.15, -0.1) is 0 Å². The second-order valence-electron chi connectivity index (χ2n) is 7.30. The second-order valence-corrected chi connectivity index (χ2v) is 7.73. The van der Waals surface area contributed by atoms with E-state index in [0.29, 0.717) is 27.4 Å². The van der Waals surface area contributed by atoms with E-state index in [1.807, 2.05) is 0 Å². The Morgan fingerprint density at radius 3 is 2.56 bits per heavy atom. The smallest absolute Gasteiger partial charge is 0.290 e. The van der Waals surface area contributed by atoms with Crippen LogP contribution < -0.4 is 0 Å². The molecule has 1 unspecified atom stereocenters. The van der Waals surface area contributed by atoms with Crippen LogP contribution in [-0.2, 0) is 11.3 Å². The highest BCUT2D eigenvalue weighted by Crippen LogP contribution is 2.39. The number of fused-ring (bicyclic) bond motifs is 1. The number of Topliss-reactive ketones (excluding diaryl/α,β-unsaturated/α-hetero) is 1. The molecule has 32 heavy (non-hydrogen) atoms. The van der Waals surface area contributed by atoms with Crippen molar-refractivity contribution in [3.63, 3.8) is 0 Å². The van der Waals surface area contributed by atoms with Crippen LogP contribution in [0.25, 0.3) is 11.0 Å². The SMILES string of the molecule is O=C(C1=C(O)C(=O)N(Cc2ccccn2)C1c1ccccn1)c1cc2cc(Cl)ccc2o1. The second kappa shape index (κ2) is 7.94. The van der Waals surface area contributed by atoms with Gasteiger partial charge in [-0.25, -0.2) is 0 Å². The monoisotopic (exact) mass is 445 g/mol. The summed E-state index contributed by atoms with van der Waals surface area (Å²) in [7, 11) is 0. The van der Waals surface area contributed by atoms with Crippen LogP contribution in [0, 0.1) is 0 Å². The van der Waals surface area contributed by atoms with Gasteiger partial charge in [0, 0.05) is 22.8 Å². The molecular weight excluding hydrogens is 430 g/mol. The molecule has 1 amide bonds. The van der Waals surface area contributed by atoms with E-state index in [2.05, 4.69) is 9.97 Å². The number of carbonyl (C=O) groups excluding carboxylic acids is 2. The Balaban J connectivity index is 1.59. The minimum atomic E-state index is -0.894. The predicted octanol–water partition coefficient (Wildman–Crippen LogP) is 4.65. The molecule has 0 aliphatic carbocycles. The average Bonchev–Trinajstić information content (AvgIpc) is 3.34. The number of pyridine rings is 2. The Hall–Kier alpha value is -3.97. The minimum Gasteiger partial charge on any atom is -0.503 e. The topological polar surface area (TPSA) is 96.5 Å². The van der Waals surface area contributed by atoms with Crippen molar-refractivity contribution in [1.82, 2.24) is 14.9 Å². The van der Waals surface area contributed by atoms with Gasteiger partial charge in [-0.1, -0.05) is 23.7 Å². The van der Waals surface area contributed by atoms with Crippen LogP contribution in [0.15, 0.2) is 88.8 Å². The zero-order valence-corrected chi connectivity index (χ0v) is 17.4. The van der Waals surface area contributed by atoms with Gasteiger partial charge in [0.05, 0.1) is 23.5 Å². The number of aliphatic hydroxyl groups excluding tert-OH is 1. The molecule has 158 valence electrons. The van der Waals surface area contributed by atoms with Crippen LogP contribution in [0.1, 0.15) is 28.0 Å². The summed E-state index contributed by atoms with van der Waals surface area (Å²) in [6.07, 6.45) is 3.18. The van der Waals surface area contributed by atoms with E-state index in [4.69, 9.17) is 16.0 Å². The molecule has 7 nitrogen and oxygen atoms in total. The minimum absolute atomic E-state index is 0.00256. The Morgan fingerprint density at radius 1 is 1.06 bits per heavy atom. The molecule has 0 radical (unpaired) electrons. The highest BCUT2D eigenvalue weighted by molar-refractivity contribution is 6.31. The number of amides is 1. The van der Waals surface area contributed by atoms with E-state index in [-0.39, 0.29) is 17.9 Å². The fourth-order valence-electron chi connectivity index (χ4n) is 3.82. The van der Waals surface area contributed by atoms with Crippen LogP contribution in [-0.4, -0.2) is 31.7 Å². The van der Waals surface area contributed by atoms with Crippen molar-refractivity contribution in [2.75, 3.05) is 0 Å². The van der Waals surface area contributed by atoms with Gasteiger partial charge < -0.3 is 14.4 Å². The van der Waals surface area contributed by atoms with E-state index in [1.54, 1.807) is 73.1 Å². The van der Waals surface area contributed by atoms with Crippen molar-refractivity contribution >= 4 is 34.3 Å². The molecule has 1 atom stereocenters. The molecule has 0 fully saturated rings. The first-order valence-corrected chi connectivity index (χ1v) is 10.2. The number of ketones is 1. The molecule has 4 heterocycles. The number of nitrogens with zero attached hydrogens (tertiary/aromatic N) is 3. The van der Waals surface area contributed by atoms with Crippen LogP contribution in [0.5, 0.6) is 0 Å². The van der Waals surface area contributed by atoms with E-state index < -0.39 is 23.5 Å². The summed E-state index contributed by atoms with van der Waals surface area (Å²) in [5.74, 6) is -1.89. The molecule has 0 bridgehead atoms. The Labute approximate surface area is 187 Å². The summed E-state index contributed by atoms with van der Waals surface area (Å²) < 4.78 is 5.70. The summed E-state index contributed by atoms with van der Waals surface area (Å²) in [5.41, 5.74) is 1.45. The van der Waals surface area contributed by atoms with Gasteiger partial charge in [0.15, 0.2) is 11.5 Å². The summed E-state index contributed by atoms with van der Waals surface area (Å²) in [6, 6.07) is 16.2. The van der Waals surface area contributed by atoms with Gasteiger partial charge in [0.1, 0.15) is 11.6 Å². The molecular formula is C24H16ClN3O4. The van der Waals surface area contributed by atoms with E-state index in [1.165, 1.54) is 4.90 Å². The normalized spacial score (nSPS) is 16.2. The average molecular weight is 446 g/mol. The molecule has 1 aliphatic heterocycles. The number of hydrogen-bond donors (Lipinski definition) is 1. The number of aromatic nitrogens is 2. The molecule has 1 aliphatic rings. The number of halogens is 1. The van der Waals surface area contributed by atoms with Crippen LogP contribution in [0.2, 0.25) is 5.02 Å². The highest BCUT2D eigenvalue weighted by Gasteiger charge is 2.45. The van der Waals surface area contributed by atoms with E-state index in [0.717, 1.165) is 0 Å². The van der Waals surface area contributed by atoms with Gasteiger partial charge in [0.25, 0.3) is 5.91 Å². The number of rotatable bonds is 5. The molecule has 0 saturated heterocycles. The number of hydrogen-bond acceptors (Lipinski definition) is 6. The first-order valence-electron chi connectivity index (χ1n) is 9.81. The fourth-order valence-corrected chi connectivity index (χ4v) is 4.00. The molecule has 5 rings (SSSR count). The third-order valence-electron chi connectivity index (χ3n) is 5.28. The summed E-state index contributed by atoms with van der Waals surface area (Å²) in [6.45, 7) is 0.0947. The largest absolute Gasteiger partial charge is 0.503 e. The lowest BCUT2D eigenvalue weighted by atomic mass is 9.98. The third-order valence-corrected chi connectivity index (χ3v) is 5.51. The molecule has 1 aromatic carbocycles. The van der Waals surface area contributed by atoms with Crippen molar-refractivity contribution in [3.8, 4) is 0 Å². The zero-order chi connectivity index (χ0) is 22.2. The first-order chi connectivity index (χ1) is 15.5. The van der Waals surface area contributed by atoms with Crippen molar-refractivity contribution in [3.05, 3.63) is 107 Å². The maximum Gasteiger partial charge on any atom is 0.290 e. The maximum absolute atomic E-state index is 13.5. The quantitative estimate of drug-likeness (QED) is 0.449. The van der Waals surface area contributed by atoms with E-state index >= 15 is 0 Å². The Kier molecular flexibility index (Phi) is 4.95. The van der Waals surface area contributed by atoms with Gasteiger partial charge >= 0.3 is 0 Å². The zero-order valence-electron chi connectivity index (χ0n) is 16.6. The summed E-state index contributed by atoms with van der Waals surface area (Å²) in [4.78, 5) is 36.5. The number of furan rings is 1. The van der Waals surface area contributed by atoms with Gasteiger partial charge in [-0.3, -0.25) is 19.6 Å². The molecule has 4 aromatic rings. The van der Waals surface area contributed by atoms with Crippen LogP contribution >= 0.6 is 11.6 Å². The maximum atomic E-state index is 13.5. The van der Waals surface area contributed by atoms with Crippen LogP contribution in [0.3, 0.4) is 0 Å². The van der Waals surface area contributed by atoms with Crippen LogP contribution in [0.4, 0.5) is 0 Å². The van der Waals surface area contributed by atoms with Crippen molar-refractivity contribution in [2.24, 2.45) is 0 Å². The summed E-state index contributed by atoms with van der Waals surface area (Å²) >= 11 is 6.03. The van der Waals surface area contributed by atoms with E-state index in [9.17, 15) is 14.7 Å². The molecule has 0 saturated carbocycles. The molecule has 8 heteroatoms. The lowest BCUT2D eigenvalue weighted by molar-refractivity contribution is -0.130. The third kappa shape index (κ3) is 3.42. The molecule has 0 spiro atoms. The van der Waals surface area contributed by atoms with Crippen molar-refractivity contribution < 1.29 is 19.1 Å². The van der Waals surface area contributed by atoms with Gasteiger partial charge in [0.2, 0.25) is 5.78 Å². The lowest BCUT2D eigenvalue weighted by Gasteiger charge is -2.25. The lowest BCUT2D eigenvalue weighted by Crippen LogP contribution is -2.31. The fraction of sp³-hybridized carbons (Fsp3) is 0.0833. The first kappa shape index (κ1) is 20.0. The highest BCUT2D eigenvalue weighted by atomic mass is 35.5. The number of aliphatic hydroxyl groups is 1. The summed E-state index contributed by atoms with van der Waals surface area (Å²) in [5, 5.41) is 11.9. The van der Waals surface area contributed by atoms with Gasteiger partial charge in [-0.05, 0) is 48.5 Å². The predicted molar refractivity (Wildman–Crippen MR) is 117 cm³/mol. The number of benzene rings is 1. The molecule has 3 aromatic heterocycles. The van der Waals surface area contributed by atoms with Gasteiger partial charge in [-0.2, -0.15) is 0 Å². The molecule has 1 N–H and O–H groups in total. The Bertz CT molecular complexity index is 1370.